The van der Waals surface area contributed by atoms with Crippen molar-refractivity contribution in [2.45, 2.75) is 33.4 Å². The third-order valence-corrected chi connectivity index (χ3v) is 2.56. The molecule has 2 amide bonds. The van der Waals surface area contributed by atoms with Gasteiger partial charge in [0, 0.05) is 33.5 Å². The molecule has 1 heterocycles. The molecular weight excluding hydrogens is 264 g/mol. The summed E-state index contributed by atoms with van der Waals surface area (Å²) in [5.74, 6) is 0.589. The van der Waals surface area contributed by atoms with Crippen molar-refractivity contribution < 1.29 is 18.8 Å². The Kier molecular flexibility index (Phi) is 6.65. The highest BCUT2D eigenvalue weighted by molar-refractivity contribution is 5.77. The molecule has 0 aliphatic heterocycles. The maximum absolute atomic E-state index is 12.0. The van der Waals surface area contributed by atoms with Crippen LogP contribution in [0.3, 0.4) is 0 Å². The smallest absolute Gasteiger partial charge is 0.246 e. The van der Waals surface area contributed by atoms with Crippen LogP contribution in [0, 0.1) is 0 Å². The van der Waals surface area contributed by atoms with Crippen molar-refractivity contribution >= 4 is 11.8 Å². The zero-order valence-electron chi connectivity index (χ0n) is 12.0. The molecule has 0 saturated heterocycles. The standard InChI is InChI=1S/C12H20N4O4/c1-4-16(12(18)5-6-13-9(2)17)7-11-14-10(8-19-3)15-20-11/h4-8H2,1-3H3,(H,13,17). The zero-order valence-corrected chi connectivity index (χ0v) is 12.0. The summed E-state index contributed by atoms with van der Waals surface area (Å²) in [6.07, 6.45) is 0.243. The first-order valence-electron chi connectivity index (χ1n) is 6.39. The predicted molar refractivity (Wildman–Crippen MR) is 69.4 cm³/mol. The fourth-order valence-corrected chi connectivity index (χ4v) is 1.59. The lowest BCUT2D eigenvalue weighted by atomic mass is 10.3. The van der Waals surface area contributed by atoms with E-state index in [9.17, 15) is 9.59 Å². The Morgan fingerprint density at radius 2 is 2.20 bits per heavy atom. The van der Waals surface area contributed by atoms with Gasteiger partial charge in [-0.15, -0.1) is 0 Å². The van der Waals surface area contributed by atoms with Gasteiger partial charge < -0.3 is 19.5 Å². The molecule has 8 nitrogen and oxygen atoms in total. The molecule has 0 saturated carbocycles. The molecule has 1 aromatic heterocycles. The van der Waals surface area contributed by atoms with E-state index in [0.29, 0.717) is 24.8 Å². The average Bonchev–Trinajstić information content (AvgIpc) is 2.83. The second-order valence-electron chi connectivity index (χ2n) is 4.18. The highest BCUT2D eigenvalue weighted by Gasteiger charge is 2.16. The van der Waals surface area contributed by atoms with Gasteiger partial charge in [0.05, 0.1) is 6.54 Å². The van der Waals surface area contributed by atoms with E-state index >= 15 is 0 Å². The van der Waals surface area contributed by atoms with E-state index in [2.05, 4.69) is 15.5 Å². The van der Waals surface area contributed by atoms with Crippen molar-refractivity contribution in [3.05, 3.63) is 11.7 Å². The van der Waals surface area contributed by atoms with Crippen LogP contribution in [-0.2, 0) is 27.5 Å². The van der Waals surface area contributed by atoms with E-state index in [0.717, 1.165) is 0 Å². The number of carbonyl (C=O) groups is 2. The van der Waals surface area contributed by atoms with Crippen LogP contribution in [0.4, 0.5) is 0 Å². The number of amides is 2. The first kappa shape index (κ1) is 16.1. The summed E-state index contributed by atoms with van der Waals surface area (Å²) in [5, 5.41) is 6.32. The van der Waals surface area contributed by atoms with Crippen LogP contribution in [0.2, 0.25) is 0 Å². The van der Waals surface area contributed by atoms with E-state index in [1.165, 1.54) is 6.92 Å². The number of nitrogens with zero attached hydrogens (tertiary/aromatic N) is 3. The van der Waals surface area contributed by atoms with Crippen molar-refractivity contribution in [1.29, 1.82) is 0 Å². The Hall–Kier alpha value is -1.96. The molecule has 112 valence electrons. The summed E-state index contributed by atoms with van der Waals surface area (Å²) >= 11 is 0. The summed E-state index contributed by atoms with van der Waals surface area (Å²) in [4.78, 5) is 28.4. The van der Waals surface area contributed by atoms with E-state index in [4.69, 9.17) is 9.26 Å². The quantitative estimate of drug-likeness (QED) is 0.726. The largest absolute Gasteiger partial charge is 0.377 e. The summed E-state index contributed by atoms with van der Waals surface area (Å²) in [7, 11) is 1.54. The summed E-state index contributed by atoms with van der Waals surface area (Å²) in [5.41, 5.74) is 0. The molecule has 1 N–H and O–H groups in total. The van der Waals surface area contributed by atoms with Crippen LogP contribution < -0.4 is 5.32 Å². The Balaban J connectivity index is 2.48. The molecular formula is C12H20N4O4. The lowest BCUT2D eigenvalue weighted by Gasteiger charge is -2.18. The van der Waals surface area contributed by atoms with Crippen LogP contribution in [-0.4, -0.2) is 47.1 Å². The molecule has 0 aromatic carbocycles. The fourth-order valence-electron chi connectivity index (χ4n) is 1.59. The Labute approximate surface area is 117 Å². The lowest BCUT2D eigenvalue weighted by Crippen LogP contribution is -2.33. The van der Waals surface area contributed by atoms with Gasteiger partial charge in [-0.25, -0.2) is 0 Å². The minimum atomic E-state index is -0.151. The number of nitrogens with one attached hydrogen (secondary N) is 1. The summed E-state index contributed by atoms with van der Waals surface area (Å²) in [6, 6.07) is 0. The van der Waals surface area contributed by atoms with Gasteiger partial charge in [0.25, 0.3) is 0 Å². The Morgan fingerprint density at radius 1 is 1.45 bits per heavy atom. The van der Waals surface area contributed by atoms with Gasteiger partial charge in [-0.2, -0.15) is 4.98 Å². The molecule has 0 spiro atoms. The van der Waals surface area contributed by atoms with Gasteiger partial charge in [-0.3, -0.25) is 9.59 Å². The second kappa shape index (κ2) is 8.26. The van der Waals surface area contributed by atoms with Gasteiger partial charge in [-0.1, -0.05) is 5.16 Å². The molecule has 0 aliphatic carbocycles. The van der Waals surface area contributed by atoms with Crippen molar-refractivity contribution in [2.24, 2.45) is 0 Å². The number of methoxy groups -OCH3 is 1. The average molecular weight is 284 g/mol. The first-order valence-corrected chi connectivity index (χ1v) is 6.39. The minimum Gasteiger partial charge on any atom is -0.377 e. The second-order valence-corrected chi connectivity index (χ2v) is 4.18. The maximum atomic E-state index is 12.0. The normalized spacial score (nSPS) is 10.3. The van der Waals surface area contributed by atoms with Crippen LogP contribution in [0.15, 0.2) is 4.52 Å². The number of carbonyl (C=O) groups excluding carboxylic acids is 2. The minimum absolute atomic E-state index is 0.0762. The van der Waals surface area contributed by atoms with E-state index in [-0.39, 0.29) is 31.4 Å². The van der Waals surface area contributed by atoms with E-state index < -0.39 is 0 Å². The topological polar surface area (TPSA) is 97.6 Å². The molecule has 8 heteroatoms. The molecule has 0 aliphatic rings. The fraction of sp³-hybridized carbons (Fsp3) is 0.667. The molecule has 20 heavy (non-hydrogen) atoms. The molecule has 0 fully saturated rings. The zero-order chi connectivity index (χ0) is 15.0. The van der Waals surface area contributed by atoms with Gasteiger partial charge in [0.15, 0.2) is 5.82 Å². The van der Waals surface area contributed by atoms with Gasteiger partial charge in [0.2, 0.25) is 17.7 Å². The van der Waals surface area contributed by atoms with Crippen LogP contribution in [0.25, 0.3) is 0 Å². The summed E-state index contributed by atoms with van der Waals surface area (Å²) in [6.45, 7) is 4.66. The van der Waals surface area contributed by atoms with Gasteiger partial charge in [0.1, 0.15) is 6.61 Å². The number of rotatable bonds is 8. The summed E-state index contributed by atoms with van der Waals surface area (Å²) < 4.78 is 9.93. The lowest BCUT2D eigenvalue weighted by molar-refractivity contribution is -0.131. The van der Waals surface area contributed by atoms with Crippen molar-refractivity contribution in [3.63, 3.8) is 0 Å². The number of hydrogen-bond acceptors (Lipinski definition) is 6. The SMILES string of the molecule is CCN(Cc1nc(COC)no1)C(=O)CCNC(C)=O. The first-order chi connectivity index (χ1) is 9.56. The number of hydrogen-bond donors (Lipinski definition) is 1. The van der Waals surface area contributed by atoms with Crippen molar-refractivity contribution in [3.8, 4) is 0 Å². The Morgan fingerprint density at radius 3 is 2.80 bits per heavy atom. The monoisotopic (exact) mass is 284 g/mol. The molecule has 1 aromatic rings. The highest BCUT2D eigenvalue weighted by atomic mass is 16.5. The third kappa shape index (κ3) is 5.35. The van der Waals surface area contributed by atoms with Crippen LogP contribution >= 0.6 is 0 Å². The van der Waals surface area contributed by atoms with E-state index in [1.54, 1.807) is 12.0 Å². The number of aromatic nitrogens is 2. The Bertz CT molecular complexity index is 446. The highest BCUT2D eigenvalue weighted by Crippen LogP contribution is 2.05. The predicted octanol–water partition coefficient (Wildman–Crippen LogP) is 0.0907. The van der Waals surface area contributed by atoms with Gasteiger partial charge >= 0.3 is 0 Å². The molecule has 0 bridgehead atoms. The third-order valence-electron chi connectivity index (χ3n) is 2.56. The van der Waals surface area contributed by atoms with E-state index in [1.807, 2.05) is 6.92 Å². The molecule has 1 rings (SSSR count). The van der Waals surface area contributed by atoms with Gasteiger partial charge in [-0.05, 0) is 6.92 Å². The maximum Gasteiger partial charge on any atom is 0.246 e. The van der Waals surface area contributed by atoms with Crippen molar-refractivity contribution in [2.75, 3.05) is 20.2 Å². The molecule has 0 atom stereocenters. The molecule has 0 radical (unpaired) electrons. The van der Waals surface area contributed by atoms with Crippen molar-refractivity contribution in [1.82, 2.24) is 20.4 Å². The van der Waals surface area contributed by atoms with Crippen LogP contribution in [0.1, 0.15) is 32.0 Å². The van der Waals surface area contributed by atoms with Crippen LogP contribution in [0.5, 0.6) is 0 Å². The molecule has 0 unspecified atom stereocenters. The number of ether oxygens (including phenoxy) is 1.